The predicted octanol–water partition coefficient (Wildman–Crippen LogP) is 3.71. The van der Waals surface area contributed by atoms with Gasteiger partial charge in [0.2, 0.25) is 5.91 Å². The van der Waals surface area contributed by atoms with Crippen LogP contribution in [0.15, 0.2) is 36.4 Å². The first-order chi connectivity index (χ1) is 12.7. The molecule has 0 radical (unpaired) electrons. The first kappa shape index (κ1) is 17.0. The Morgan fingerprint density at radius 2 is 1.92 bits per heavy atom. The molecule has 0 atom stereocenters. The second kappa shape index (κ2) is 7.45. The summed E-state index contributed by atoms with van der Waals surface area (Å²) in [6, 6.07) is 11.6. The van der Waals surface area contributed by atoms with Crippen molar-refractivity contribution in [2.75, 3.05) is 11.1 Å². The van der Waals surface area contributed by atoms with E-state index >= 15 is 0 Å². The summed E-state index contributed by atoms with van der Waals surface area (Å²) in [4.78, 5) is 12.1. The first-order valence-electron chi connectivity index (χ1n) is 8.90. The van der Waals surface area contributed by atoms with Crippen molar-refractivity contribution in [1.29, 1.82) is 0 Å². The molecule has 0 aliphatic heterocycles. The number of anilines is 1. The van der Waals surface area contributed by atoms with E-state index in [0.717, 1.165) is 28.4 Å². The van der Waals surface area contributed by atoms with Crippen LogP contribution in [0.2, 0.25) is 0 Å². The molecule has 0 bridgehead atoms. The molecular formula is C19H21N5OS. The molecular weight excluding hydrogens is 346 g/mol. The molecule has 2 aromatic heterocycles. The number of amides is 1. The van der Waals surface area contributed by atoms with E-state index in [9.17, 15) is 4.79 Å². The van der Waals surface area contributed by atoms with Crippen LogP contribution in [0.4, 0.5) is 5.69 Å². The number of hydrogen-bond donors (Lipinski definition) is 1. The maximum Gasteiger partial charge on any atom is 0.234 e. The average molecular weight is 367 g/mol. The van der Waals surface area contributed by atoms with Crippen molar-refractivity contribution in [3.63, 3.8) is 0 Å². The molecule has 6 nitrogen and oxygen atoms in total. The SMILES string of the molecule is Cc1nnc2ccc(-c3ccc(NC(=O)CSC4CCCC4)cc3)nn12. The van der Waals surface area contributed by atoms with E-state index in [1.54, 1.807) is 16.3 Å². The highest BCUT2D eigenvalue weighted by Gasteiger charge is 2.16. The average Bonchev–Trinajstić information content (AvgIpc) is 3.31. The zero-order valence-corrected chi connectivity index (χ0v) is 15.5. The second-order valence-electron chi connectivity index (χ2n) is 6.58. The van der Waals surface area contributed by atoms with Gasteiger partial charge in [0, 0.05) is 16.5 Å². The minimum absolute atomic E-state index is 0.0642. The van der Waals surface area contributed by atoms with Crippen LogP contribution in [0.3, 0.4) is 0 Å². The van der Waals surface area contributed by atoms with Gasteiger partial charge in [0.15, 0.2) is 11.5 Å². The molecule has 2 heterocycles. The Hall–Kier alpha value is -2.41. The van der Waals surface area contributed by atoms with Gasteiger partial charge < -0.3 is 5.32 Å². The van der Waals surface area contributed by atoms with Gasteiger partial charge in [-0.05, 0) is 44.0 Å². The molecule has 1 saturated carbocycles. The lowest BCUT2D eigenvalue weighted by Gasteiger charge is -2.09. The van der Waals surface area contributed by atoms with Gasteiger partial charge in [-0.25, -0.2) is 0 Å². The highest BCUT2D eigenvalue weighted by molar-refractivity contribution is 8.00. The number of aromatic nitrogens is 4. The van der Waals surface area contributed by atoms with Gasteiger partial charge in [0.25, 0.3) is 0 Å². The van der Waals surface area contributed by atoms with Gasteiger partial charge in [0.1, 0.15) is 0 Å². The van der Waals surface area contributed by atoms with E-state index in [0.29, 0.717) is 11.0 Å². The van der Waals surface area contributed by atoms with Crippen molar-refractivity contribution >= 4 is 29.0 Å². The van der Waals surface area contributed by atoms with E-state index in [4.69, 9.17) is 0 Å². The van der Waals surface area contributed by atoms with Crippen molar-refractivity contribution in [2.45, 2.75) is 37.9 Å². The third-order valence-corrected chi connectivity index (χ3v) is 6.01. The summed E-state index contributed by atoms with van der Waals surface area (Å²) in [6.45, 7) is 1.87. The third-order valence-electron chi connectivity index (χ3n) is 4.64. The van der Waals surface area contributed by atoms with Gasteiger partial charge in [-0.2, -0.15) is 9.61 Å². The van der Waals surface area contributed by atoms with E-state index in [1.165, 1.54) is 25.7 Å². The van der Waals surface area contributed by atoms with Crippen molar-refractivity contribution in [3.8, 4) is 11.3 Å². The number of thioether (sulfide) groups is 1. The number of nitrogens with one attached hydrogen (secondary N) is 1. The normalized spacial score (nSPS) is 14.8. The number of hydrogen-bond acceptors (Lipinski definition) is 5. The van der Waals surface area contributed by atoms with Crippen LogP contribution >= 0.6 is 11.8 Å². The number of carbonyl (C=O) groups is 1. The summed E-state index contributed by atoms with van der Waals surface area (Å²) in [5.41, 5.74) is 3.37. The predicted molar refractivity (Wildman–Crippen MR) is 104 cm³/mol. The lowest BCUT2D eigenvalue weighted by molar-refractivity contribution is -0.113. The van der Waals surface area contributed by atoms with E-state index < -0.39 is 0 Å². The molecule has 7 heteroatoms. The number of carbonyl (C=O) groups excluding carboxylic acids is 1. The Morgan fingerprint density at radius 1 is 1.15 bits per heavy atom. The van der Waals surface area contributed by atoms with E-state index in [1.807, 2.05) is 43.3 Å². The molecule has 134 valence electrons. The van der Waals surface area contributed by atoms with Crippen molar-refractivity contribution < 1.29 is 4.79 Å². The molecule has 1 N–H and O–H groups in total. The zero-order chi connectivity index (χ0) is 17.9. The molecule has 3 aromatic rings. The van der Waals surface area contributed by atoms with Gasteiger partial charge in [-0.15, -0.1) is 22.0 Å². The molecule has 1 aromatic carbocycles. The smallest absolute Gasteiger partial charge is 0.234 e. The lowest BCUT2D eigenvalue weighted by Crippen LogP contribution is -2.15. The van der Waals surface area contributed by atoms with Crippen LogP contribution in [0.1, 0.15) is 31.5 Å². The molecule has 1 aliphatic carbocycles. The summed E-state index contributed by atoms with van der Waals surface area (Å²) in [5, 5.41) is 16.3. The van der Waals surface area contributed by atoms with E-state index in [2.05, 4.69) is 20.6 Å². The summed E-state index contributed by atoms with van der Waals surface area (Å²) < 4.78 is 1.73. The minimum atomic E-state index is 0.0642. The standard InChI is InChI=1S/C19H21N5OS/c1-13-21-22-18-11-10-17(23-24(13)18)14-6-8-15(9-7-14)20-19(25)12-26-16-4-2-3-5-16/h6-11,16H,2-5,12H2,1H3,(H,20,25). The van der Waals surface area contributed by atoms with Crippen LogP contribution in [-0.4, -0.2) is 36.7 Å². The van der Waals surface area contributed by atoms with Crippen LogP contribution in [0, 0.1) is 6.92 Å². The van der Waals surface area contributed by atoms with Crippen LogP contribution < -0.4 is 5.32 Å². The fourth-order valence-corrected chi connectivity index (χ4v) is 4.35. The maximum atomic E-state index is 12.1. The van der Waals surface area contributed by atoms with Gasteiger partial charge in [0.05, 0.1) is 11.4 Å². The molecule has 26 heavy (non-hydrogen) atoms. The van der Waals surface area contributed by atoms with Crippen molar-refractivity contribution in [2.24, 2.45) is 0 Å². The topological polar surface area (TPSA) is 72.2 Å². The Labute approximate surface area is 156 Å². The molecule has 1 fully saturated rings. The maximum absolute atomic E-state index is 12.1. The minimum Gasteiger partial charge on any atom is -0.325 e. The Morgan fingerprint density at radius 3 is 2.69 bits per heavy atom. The molecule has 4 rings (SSSR count). The lowest BCUT2D eigenvalue weighted by atomic mass is 10.1. The fourth-order valence-electron chi connectivity index (χ4n) is 3.22. The van der Waals surface area contributed by atoms with Gasteiger partial charge in [-0.1, -0.05) is 25.0 Å². The quantitative estimate of drug-likeness (QED) is 0.744. The Balaban J connectivity index is 1.40. The number of rotatable bonds is 5. The van der Waals surface area contributed by atoms with Gasteiger partial charge >= 0.3 is 0 Å². The van der Waals surface area contributed by atoms with Crippen LogP contribution in [0.25, 0.3) is 16.9 Å². The Bertz CT molecular complexity index is 915. The summed E-state index contributed by atoms with van der Waals surface area (Å²) in [7, 11) is 0. The van der Waals surface area contributed by atoms with Crippen LogP contribution in [0.5, 0.6) is 0 Å². The summed E-state index contributed by atoms with van der Waals surface area (Å²) in [6.07, 6.45) is 5.09. The number of fused-ring (bicyclic) bond motifs is 1. The van der Waals surface area contributed by atoms with E-state index in [-0.39, 0.29) is 5.91 Å². The summed E-state index contributed by atoms with van der Waals surface area (Å²) >= 11 is 1.78. The number of benzene rings is 1. The number of aryl methyl sites for hydroxylation is 1. The summed E-state index contributed by atoms with van der Waals surface area (Å²) in [5.74, 6) is 1.34. The molecule has 1 aliphatic rings. The Kier molecular flexibility index (Phi) is 4.88. The zero-order valence-electron chi connectivity index (χ0n) is 14.7. The third kappa shape index (κ3) is 3.72. The molecule has 0 unspecified atom stereocenters. The highest BCUT2D eigenvalue weighted by atomic mass is 32.2. The highest BCUT2D eigenvalue weighted by Crippen LogP contribution is 2.29. The van der Waals surface area contributed by atoms with Crippen molar-refractivity contribution in [3.05, 3.63) is 42.2 Å². The van der Waals surface area contributed by atoms with Crippen LogP contribution in [-0.2, 0) is 4.79 Å². The monoisotopic (exact) mass is 367 g/mol. The molecule has 0 spiro atoms. The molecule has 0 saturated heterocycles. The fraction of sp³-hybridized carbons (Fsp3) is 0.368. The molecule has 1 amide bonds. The second-order valence-corrected chi connectivity index (χ2v) is 7.87. The first-order valence-corrected chi connectivity index (χ1v) is 9.95. The van der Waals surface area contributed by atoms with Gasteiger partial charge in [-0.3, -0.25) is 4.79 Å². The largest absolute Gasteiger partial charge is 0.325 e. The van der Waals surface area contributed by atoms with Crippen molar-refractivity contribution in [1.82, 2.24) is 19.8 Å². The number of nitrogens with zero attached hydrogens (tertiary/aromatic N) is 4.